The van der Waals surface area contributed by atoms with Gasteiger partial charge in [0.25, 0.3) is 5.91 Å². The van der Waals surface area contributed by atoms with Crippen LogP contribution in [-0.2, 0) is 6.42 Å². The van der Waals surface area contributed by atoms with E-state index < -0.39 is 5.91 Å². The van der Waals surface area contributed by atoms with Crippen LogP contribution in [0.25, 0.3) is 0 Å². The maximum atomic E-state index is 10.6. The highest BCUT2D eigenvalue weighted by Crippen LogP contribution is 2.05. The van der Waals surface area contributed by atoms with E-state index in [2.05, 4.69) is 6.92 Å². The van der Waals surface area contributed by atoms with Gasteiger partial charge < -0.3 is 0 Å². The zero-order chi connectivity index (χ0) is 8.97. The first kappa shape index (κ1) is 8.78. The first-order valence-corrected chi connectivity index (χ1v) is 4.09. The fraction of sp³-hybridized carbons (Fsp3) is 0.300. The summed E-state index contributed by atoms with van der Waals surface area (Å²) in [7, 11) is 0. The van der Waals surface area contributed by atoms with Crippen LogP contribution in [0.5, 0.6) is 0 Å². The number of hydrogen-bond donors (Lipinski definition) is 0. The molecule has 1 radical (unpaired) electrons. The number of hydrogen-bond acceptors (Lipinski definition) is 1. The van der Waals surface area contributed by atoms with Crippen LogP contribution in [0.2, 0.25) is 0 Å². The van der Waals surface area contributed by atoms with Crippen molar-refractivity contribution < 1.29 is 4.79 Å². The Kier molecular flexibility index (Phi) is 2.86. The first-order chi connectivity index (χ1) is 5.74. The lowest BCUT2D eigenvalue weighted by Gasteiger charge is -1.98. The molecule has 0 aliphatic rings. The van der Waals surface area contributed by atoms with Crippen LogP contribution >= 0.6 is 0 Å². The number of carbonyl (C=O) groups excluding carboxylic acids is 1. The standard InChI is InChI=1S/C10H12NO/c1-2-3-8-4-6-9(7-5-8)10(11)12/h4-7,11H,2-3H2,1H3. The van der Waals surface area contributed by atoms with Gasteiger partial charge in [0.15, 0.2) is 0 Å². The van der Waals surface area contributed by atoms with Crippen molar-refractivity contribution in [2.24, 2.45) is 0 Å². The predicted octanol–water partition coefficient (Wildman–Crippen LogP) is 2.06. The van der Waals surface area contributed by atoms with E-state index in [1.165, 1.54) is 5.56 Å². The molecule has 0 unspecified atom stereocenters. The predicted molar refractivity (Wildman–Crippen MR) is 47.9 cm³/mol. The number of nitrogens with one attached hydrogen (secondary N) is 1. The summed E-state index contributed by atoms with van der Waals surface area (Å²) in [4.78, 5) is 10.6. The van der Waals surface area contributed by atoms with E-state index in [-0.39, 0.29) is 0 Å². The molecule has 63 valence electrons. The van der Waals surface area contributed by atoms with Gasteiger partial charge in [-0.1, -0.05) is 25.5 Å². The Balaban J connectivity index is 2.78. The third-order valence-corrected chi connectivity index (χ3v) is 1.75. The third-order valence-electron chi connectivity index (χ3n) is 1.75. The molecule has 0 aliphatic heterocycles. The highest BCUT2D eigenvalue weighted by atomic mass is 16.1. The van der Waals surface area contributed by atoms with Crippen LogP contribution in [0.4, 0.5) is 0 Å². The first-order valence-electron chi connectivity index (χ1n) is 4.09. The highest BCUT2D eigenvalue weighted by molar-refractivity contribution is 5.92. The molecular formula is C10H12NO. The summed E-state index contributed by atoms with van der Waals surface area (Å²) in [6.07, 6.45) is 2.14. The smallest absolute Gasteiger partial charge is 0.267 e. The number of aryl methyl sites for hydroxylation is 1. The van der Waals surface area contributed by atoms with Crippen molar-refractivity contribution in [1.82, 2.24) is 5.73 Å². The topological polar surface area (TPSA) is 40.9 Å². The van der Waals surface area contributed by atoms with E-state index in [0.717, 1.165) is 12.8 Å². The van der Waals surface area contributed by atoms with Crippen LogP contribution in [-0.4, -0.2) is 5.91 Å². The van der Waals surface area contributed by atoms with Gasteiger partial charge in [-0.25, -0.2) is 0 Å². The molecule has 1 amide bonds. The van der Waals surface area contributed by atoms with E-state index in [4.69, 9.17) is 5.73 Å². The average Bonchev–Trinajstić information content (AvgIpc) is 2.06. The molecule has 2 nitrogen and oxygen atoms in total. The minimum atomic E-state index is -0.613. The maximum absolute atomic E-state index is 10.6. The molecule has 12 heavy (non-hydrogen) atoms. The average molecular weight is 162 g/mol. The lowest BCUT2D eigenvalue weighted by atomic mass is 10.1. The van der Waals surface area contributed by atoms with Crippen molar-refractivity contribution in [2.75, 3.05) is 0 Å². The second kappa shape index (κ2) is 3.90. The fourth-order valence-electron chi connectivity index (χ4n) is 1.11. The van der Waals surface area contributed by atoms with Gasteiger partial charge in [-0.05, 0) is 24.1 Å². The lowest BCUT2D eigenvalue weighted by molar-refractivity contribution is 0.0992. The summed E-state index contributed by atoms with van der Waals surface area (Å²) in [6, 6.07) is 7.23. The third kappa shape index (κ3) is 2.09. The molecule has 1 aromatic carbocycles. The van der Waals surface area contributed by atoms with E-state index in [1.54, 1.807) is 12.1 Å². The maximum Gasteiger partial charge on any atom is 0.269 e. The summed E-state index contributed by atoms with van der Waals surface area (Å²) >= 11 is 0. The van der Waals surface area contributed by atoms with Gasteiger partial charge in [0.05, 0.1) is 0 Å². The number of carbonyl (C=O) groups is 1. The number of amides is 1. The van der Waals surface area contributed by atoms with E-state index in [0.29, 0.717) is 5.56 Å². The molecule has 0 atom stereocenters. The molecule has 1 N–H and O–H groups in total. The summed E-state index contributed by atoms with van der Waals surface area (Å²) < 4.78 is 0. The van der Waals surface area contributed by atoms with Crippen molar-refractivity contribution in [2.45, 2.75) is 19.8 Å². The molecule has 0 aromatic heterocycles. The fourth-order valence-corrected chi connectivity index (χ4v) is 1.11. The number of benzene rings is 1. The van der Waals surface area contributed by atoms with Gasteiger partial charge in [0, 0.05) is 5.56 Å². The Morgan fingerprint density at radius 2 is 1.92 bits per heavy atom. The quantitative estimate of drug-likeness (QED) is 0.670. The molecular weight excluding hydrogens is 150 g/mol. The summed E-state index contributed by atoms with van der Waals surface area (Å²) in [5.41, 5.74) is 8.54. The largest absolute Gasteiger partial charge is 0.269 e. The molecule has 1 rings (SSSR count). The van der Waals surface area contributed by atoms with Crippen molar-refractivity contribution >= 4 is 5.91 Å². The van der Waals surface area contributed by atoms with Crippen LogP contribution in [0.15, 0.2) is 24.3 Å². The number of rotatable bonds is 3. The monoisotopic (exact) mass is 162 g/mol. The summed E-state index contributed by atoms with van der Waals surface area (Å²) in [6.45, 7) is 2.11. The highest BCUT2D eigenvalue weighted by Gasteiger charge is 1.99. The van der Waals surface area contributed by atoms with Crippen LogP contribution in [0.1, 0.15) is 29.3 Å². The van der Waals surface area contributed by atoms with Gasteiger partial charge >= 0.3 is 0 Å². The Labute approximate surface area is 72.4 Å². The molecule has 2 heteroatoms. The zero-order valence-electron chi connectivity index (χ0n) is 7.13. The van der Waals surface area contributed by atoms with Crippen molar-refractivity contribution in [3.05, 3.63) is 35.4 Å². The van der Waals surface area contributed by atoms with Gasteiger partial charge in [0.1, 0.15) is 0 Å². The Morgan fingerprint density at radius 1 is 1.33 bits per heavy atom. The van der Waals surface area contributed by atoms with Gasteiger partial charge in [-0.2, -0.15) is 0 Å². The zero-order valence-corrected chi connectivity index (χ0v) is 7.13. The Bertz CT molecular complexity index is 264. The molecule has 0 spiro atoms. The molecule has 0 saturated carbocycles. The normalized spacial score (nSPS) is 9.75. The van der Waals surface area contributed by atoms with Gasteiger partial charge in [-0.3, -0.25) is 10.5 Å². The van der Waals surface area contributed by atoms with E-state index in [1.807, 2.05) is 12.1 Å². The van der Waals surface area contributed by atoms with Crippen LogP contribution in [0.3, 0.4) is 0 Å². The van der Waals surface area contributed by atoms with E-state index >= 15 is 0 Å². The van der Waals surface area contributed by atoms with Crippen LogP contribution in [0, 0.1) is 0 Å². The van der Waals surface area contributed by atoms with Crippen molar-refractivity contribution in [3.63, 3.8) is 0 Å². The summed E-state index contributed by atoms with van der Waals surface area (Å²) in [5.74, 6) is -0.613. The molecule has 0 heterocycles. The molecule has 0 saturated heterocycles. The molecule has 0 bridgehead atoms. The second-order valence-corrected chi connectivity index (χ2v) is 2.78. The van der Waals surface area contributed by atoms with Crippen molar-refractivity contribution in [1.29, 1.82) is 0 Å². The van der Waals surface area contributed by atoms with Gasteiger partial charge in [-0.15, -0.1) is 0 Å². The lowest BCUT2D eigenvalue weighted by Crippen LogP contribution is -1.98. The van der Waals surface area contributed by atoms with Crippen molar-refractivity contribution in [3.8, 4) is 0 Å². The summed E-state index contributed by atoms with van der Waals surface area (Å²) in [5, 5.41) is 0. The Morgan fingerprint density at radius 3 is 2.33 bits per heavy atom. The minimum absolute atomic E-state index is 0.467. The Hall–Kier alpha value is -1.31. The molecule has 0 fully saturated rings. The second-order valence-electron chi connectivity index (χ2n) is 2.78. The molecule has 1 aromatic rings. The van der Waals surface area contributed by atoms with Crippen LogP contribution < -0.4 is 5.73 Å². The SMILES string of the molecule is CCCc1ccc(C([NH])=O)cc1. The van der Waals surface area contributed by atoms with E-state index in [9.17, 15) is 4.79 Å². The molecule has 0 aliphatic carbocycles. The minimum Gasteiger partial charge on any atom is -0.267 e. The van der Waals surface area contributed by atoms with Gasteiger partial charge in [0.2, 0.25) is 0 Å².